The molecular formula is C14H21ClN2O2. The number of hydrogen-bond acceptors (Lipinski definition) is 3. The van der Waals surface area contributed by atoms with E-state index in [4.69, 9.17) is 5.73 Å². The number of nitrogens with zero attached hydrogens (tertiary/aromatic N) is 1. The van der Waals surface area contributed by atoms with Crippen LogP contribution in [0.3, 0.4) is 0 Å². The Morgan fingerprint density at radius 1 is 1.32 bits per heavy atom. The lowest BCUT2D eigenvalue weighted by atomic mass is 9.81. The van der Waals surface area contributed by atoms with E-state index >= 15 is 0 Å². The highest BCUT2D eigenvalue weighted by atomic mass is 35.5. The van der Waals surface area contributed by atoms with Crippen LogP contribution in [-0.4, -0.2) is 4.92 Å². The molecule has 106 valence electrons. The van der Waals surface area contributed by atoms with E-state index in [1.54, 1.807) is 19.1 Å². The minimum absolute atomic E-state index is 0. The number of aryl methyl sites for hydroxylation is 1. The summed E-state index contributed by atoms with van der Waals surface area (Å²) in [6, 6.07) is 5.32. The summed E-state index contributed by atoms with van der Waals surface area (Å²) in [5.41, 5.74) is 8.04. The zero-order valence-electron chi connectivity index (χ0n) is 11.2. The van der Waals surface area contributed by atoms with Gasteiger partial charge < -0.3 is 5.73 Å². The molecule has 0 heterocycles. The van der Waals surface area contributed by atoms with Gasteiger partial charge in [0, 0.05) is 17.7 Å². The summed E-state index contributed by atoms with van der Waals surface area (Å²) in [4.78, 5) is 10.6. The molecule has 0 radical (unpaired) electrons. The van der Waals surface area contributed by atoms with Crippen molar-refractivity contribution in [2.24, 2.45) is 11.7 Å². The molecule has 19 heavy (non-hydrogen) atoms. The maximum atomic E-state index is 10.9. The summed E-state index contributed by atoms with van der Waals surface area (Å²) in [6.07, 6.45) is 6.03. The standard InChI is InChI=1S/C14H20N2O2.ClH/c1-10-7-8-12(9-13(10)16(17)18)14(15)11-5-3-2-4-6-11;/h7-9,11,14H,2-6,15H2,1H3;1H/t14-;/m0./s1. The number of nitrogens with two attached hydrogens (primary N) is 1. The summed E-state index contributed by atoms with van der Waals surface area (Å²) < 4.78 is 0. The molecule has 1 fully saturated rings. The number of halogens is 1. The van der Waals surface area contributed by atoms with Crippen LogP contribution in [0.5, 0.6) is 0 Å². The minimum atomic E-state index is -0.327. The fraction of sp³-hybridized carbons (Fsp3) is 0.571. The molecule has 0 aromatic heterocycles. The van der Waals surface area contributed by atoms with Gasteiger partial charge in [0.1, 0.15) is 0 Å². The number of hydrogen-bond donors (Lipinski definition) is 1. The quantitative estimate of drug-likeness (QED) is 0.676. The van der Waals surface area contributed by atoms with Crippen LogP contribution in [0.1, 0.15) is 49.3 Å². The van der Waals surface area contributed by atoms with E-state index in [1.165, 1.54) is 19.3 Å². The zero-order chi connectivity index (χ0) is 13.1. The Morgan fingerprint density at radius 2 is 1.95 bits per heavy atom. The number of nitro groups is 1. The summed E-state index contributed by atoms with van der Waals surface area (Å²) in [6.45, 7) is 1.76. The first-order valence-corrected chi connectivity index (χ1v) is 6.60. The van der Waals surface area contributed by atoms with Crippen molar-refractivity contribution in [2.45, 2.75) is 45.1 Å². The maximum absolute atomic E-state index is 10.9. The Morgan fingerprint density at radius 3 is 2.53 bits per heavy atom. The van der Waals surface area contributed by atoms with Crippen LogP contribution in [0.4, 0.5) is 5.69 Å². The van der Waals surface area contributed by atoms with Crippen LogP contribution in [-0.2, 0) is 0 Å². The molecule has 1 saturated carbocycles. The molecule has 1 atom stereocenters. The van der Waals surface area contributed by atoms with E-state index in [9.17, 15) is 10.1 Å². The van der Waals surface area contributed by atoms with Crippen LogP contribution < -0.4 is 5.73 Å². The van der Waals surface area contributed by atoms with Crippen molar-refractivity contribution in [3.8, 4) is 0 Å². The molecule has 2 N–H and O–H groups in total. The normalized spacial score (nSPS) is 17.6. The lowest BCUT2D eigenvalue weighted by Gasteiger charge is -2.27. The molecule has 1 aliphatic rings. The SMILES string of the molecule is Cc1ccc([C@@H](N)C2CCCCC2)cc1[N+](=O)[O-].Cl. The number of benzene rings is 1. The summed E-state index contributed by atoms with van der Waals surface area (Å²) in [7, 11) is 0. The van der Waals surface area contributed by atoms with E-state index in [2.05, 4.69) is 0 Å². The molecule has 1 aromatic carbocycles. The van der Waals surface area contributed by atoms with Crippen LogP contribution in [0.15, 0.2) is 18.2 Å². The second-order valence-corrected chi connectivity index (χ2v) is 5.23. The maximum Gasteiger partial charge on any atom is 0.272 e. The lowest BCUT2D eigenvalue weighted by Crippen LogP contribution is -2.23. The fourth-order valence-electron chi connectivity index (χ4n) is 2.80. The van der Waals surface area contributed by atoms with E-state index in [0.717, 1.165) is 18.4 Å². The van der Waals surface area contributed by atoms with Gasteiger partial charge in [-0.05, 0) is 31.2 Å². The summed E-state index contributed by atoms with van der Waals surface area (Å²) in [5, 5.41) is 10.9. The van der Waals surface area contributed by atoms with Crippen LogP contribution >= 0.6 is 12.4 Å². The first-order chi connectivity index (χ1) is 8.59. The van der Waals surface area contributed by atoms with Crippen molar-refractivity contribution < 1.29 is 4.92 Å². The summed E-state index contributed by atoms with van der Waals surface area (Å²) >= 11 is 0. The van der Waals surface area contributed by atoms with Crippen molar-refractivity contribution in [2.75, 3.05) is 0 Å². The molecule has 0 unspecified atom stereocenters. The van der Waals surface area contributed by atoms with Crippen molar-refractivity contribution in [1.29, 1.82) is 0 Å². The molecule has 2 rings (SSSR count). The predicted molar refractivity (Wildman–Crippen MR) is 78.6 cm³/mol. The smallest absolute Gasteiger partial charge is 0.272 e. The molecule has 0 bridgehead atoms. The van der Waals surface area contributed by atoms with E-state index in [0.29, 0.717) is 11.5 Å². The Labute approximate surface area is 119 Å². The lowest BCUT2D eigenvalue weighted by molar-refractivity contribution is -0.385. The van der Waals surface area contributed by atoms with Gasteiger partial charge in [-0.15, -0.1) is 12.4 Å². The topological polar surface area (TPSA) is 69.2 Å². The van der Waals surface area contributed by atoms with Gasteiger partial charge >= 0.3 is 0 Å². The minimum Gasteiger partial charge on any atom is -0.324 e. The van der Waals surface area contributed by atoms with Gasteiger partial charge in [0.15, 0.2) is 0 Å². The number of rotatable bonds is 3. The van der Waals surface area contributed by atoms with Gasteiger partial charge in [-0.3, -0.25) is 10.1 Å². The average molecular weight is 285 g/mol. The molecule has 1 aromatic rings. The van der Waals surface area contributed by atoms with Crippen molar-refractivity contribution >= 4 is 18.1 Å². The van der Waals surface area contributed by atoms with Crippen molar-refractivity contribution in [3.05, 3.63) is 39.4 Å². The highest BCUT2D eigenvalue weighted by molar-refractivity contribution is 5.85. The Hall–Kier alpha value is -1.13. The highest BCUT2D eigenvalue weighted by Crippen LogP contribution is 2.34. The molecule has 0 saturated heterocycles. The average Bonchev–Trinajstić information content (AvgIpc) is 2.39. The van der Waals surface area contributed by atoms with E-state index in [-0.39, 0.29) is 29.1 Å². The van der Waals surface area contributed by atoms with Gasteiger partial charge in [0.2, 0.25) is 0 Å². The number of nitro benzene ring substituents is 1. The van der Waals surface area contributed by atoms with Gasteiger partial charge in [0.05, 0.1) is 4.92 Å². The summed E-state index contributed by atoms with van der Waals surface area (Å²) in [5.74, 6) is 0.473. The van der Waals surface area contributed by atoms with Crippen LogP contribution in [0.2, 0.25) is 0 Å². The molecule has 1 aliphatic carbocycles. The van der Waals surface area contributed by atoms with Crippen LogP contribution in [0, 0.1) is 23.0 Å². The largest absolute Gasteiger partial charge is 0.324 e. The zero-order valence-corrected chi connectivity index (χ0v) is 12.0. The Kier molecular flexibility index (Phi) is 5.76. The third-order valence-electron chi connectivity index (χ3n) is 3.97. The molecule has 0 amide bonds. The van der Waals surface area contributed by atoms with Crippen LogP contribution in [0.25, 0.3) is 0 Å². The predicted octanol–water partition coefficient (Wildman–Crippen LogP) is 3.91. The van der Waals surface area contributed by atoms with Crippen molar-refractivity contribution in [1.82, 2.24) is 0 Å². The highest BCUT2D eigenvalue weighted by Gasteiger charge is 2.23. The second kappa shape index (κ2) is 6.87. The Bertz CT molecular complexity index is 445. The van der Waals surface area contributed by atoms with E-state index in [1.807, 2.05) is 6.07 Å². The molecule has 0 aliphatic heterocycles. The monoisotopic (exact) mass is 284 g/mol. The third-order valence-corrected chi connectivity index (χ3v) is 3.97. The Balaban J connectivity index is 0.00000180. The first-order valence-electron chi connectivity index (χ1n) is 6.60. The van der Waals surface area contributed by atoms with Gasteiger partial charge in [-0.1, -0.05) is 31.4 Å². The van der Waals surface area contributed by atoms with E-state index < -0.39 is 0 Å². The van der Waals surface area contributed by atoms with Gasteiger partial charge in [0.25, 0.3) is 5.69 Å². The molecule has 4 nitrogen and oxygen atoms in total. The molecular weight excluding hydrogens is 264 g/mol. The third kappa shape index (κ3) is 3.67. The fourth-order valence-corrected chi connectivity index (χ4v) is 2.80. The van der Waals surface area contributed by atoms with Gasteiger partial charge in [-0.25, -0.2) is 0 Å². The molecule has 0 spiro atoms. The first kappa shape index (κ1) is 15.9. The van der Waals surface area contributed by atoms with Crippen molar-refractivity contribution in [3.63, 3.8) is 0 Å². The second-order valence-electron chi connectivity index (χ2n) is 5.23. The molecule has 5 heteroatoms. The van der Waals surface area contributed by atoms with Gasteiger partial charge in [-0.2, -0.15) is 0 Å².